The van der Waals surface area contributed by atoms with Crippen molar-refractivity contribution in [1.82, 2.24) is 15.1 Å². The number of aliphatic imine (C=N–C) groups is 1. The predicted molar refractivity (Wildman–Crippen MR) is 101 cm³/mol. The van der Waals surface area contributed by atoms with Crippen LogP contribution in [0.1, 0.15) is 46.5 Å². The molecule has 0 bridgehead atoms. The van der Waals surface area contributed by atoms with Crippen LogP contribution in [-0.4, -0.2) is 62.6 Å². The lowest BCUT2D eigenvalue weighted by atomic mass is 10.2. The van der Waals surface area contributed by atoms with E-state index < -0.39 is 0 Å². The minimum atomic E-state index is 0. The molecule has 0 unspecified atom stereocenters. The van der Waals surface area contributed by atoms with Crippen molar-refractivity contribution >= 4 is 29.9 Å². The van der Waals surface area contributed by atoms with Crippen LogP contribution < -0.4 is 5.32 Å². The molecule has 0 rings (SSSR count). The van der Waals surface area contributed by atoms with Crippen molar-refractivity contribution in [2.75, 3.05) is 40.8 Å². The SMILES string of the molecule is CCCCN(C)C(=NC)NCCCCN(C)C(C)C.I. The first-order valence-electron chi connectivity index (χ1n) is 7.64. The van der Waals surface area contributed by atoms with Crippen molar-refractivity contribution in [3.63, 3.8) is 0 Å². The highest BCUT2D eigenvalue weighted by Gasteiger charge is 2.05. The summed E-state index contributed by atoms with van der Waals surface area (Å²) in [6.45, 7) is 9.95. The van der Waals surface area contributed by atoms with E-state index in [1.165, 1.54) is 32.2 Å². The molecule has 0 radical (unpaired) electrons. The number of unbranched alkanes of at least 4 members (excludes halogenated alkanes) is 2. The summed E-state index contributed by atoms with van der Waals surface area (Å²) in [6.07, 6.45) is 4.87. The van der Waals surface area contributed by atoms with Gasteiger partial charge >= 0.3 is 0 Å². The van der Waals surface area contributed by atoms with E-state index in [0.717, 1.165) is 19.0 Å². The van der Waals surface area contributed by atoms with Gasteiger partial charge in [0.05, 0.1) is 0 Å². The maximum atomic E-state index is 4.32. The van der Waals surface area contributed by atoms with Crippen molar-refractivity contribution in [1.29, 1.82) is 0 Å². The fourth-order valence-corrected chi connectivity index (χ4v) is 1.83. The molecule has 20 heavy (non-hydrogen) atoms. The normalized spacial score (nSPS) is 11.7. The van der Waals surface area contributed by atoms with Gasteiger partial charge in [0.15, 0.2) is 5.96 Å². The molecule has 0 atom stereocenters. The summed E-state index contributed by atoms with van der Waals surface area (Å²) >= 11 is 0. The number of guanidine groups is 1. The van der Waals surface area contributed by atoms with Crippen LogP contribution in [0.3, 0.4) is 0 Å². The van der Waals surface area contributed by atoms with Gasteiger partial charge in [-0.15, -0.1) is 24.0 Å². The van der Waals surface area contributed by atoms with Crippen molar-refractivity contribution in [3.8, 4) is 0 Å². The summed E-state index contributed by atoms with van der Waals surface area (Å²) in [5, 5.41) is 3.44. The molecular formula is C15H35IN4. The first-order valence-corrected chi connectivity index (χ1v) is 7.64. The van der Waals surface area contributed by atoms with Crippen LogP contribution in [0.25, 0.3) is 0 Å². The summed E-state index contributed by atoms with van der Waals surface area (Å²) in [7, 11) is 6.16. The molecule has 5 heteroatoms. The van der Waals surface area contributed by atoms with Crippen LogP contribution in [0, 0.1) is 0 Å². The summed E-state index contributed by atoms with van der Waals surface area (Å²) in [5.41, 5.74) is 0. The Hall–Kier alpha value is -0.0400. The fraction of sp³-hybridized carbons (Fsp3) is 0.933. The van der Waals surface area contributed by atoms with Gasteiger partial charge in [0, 0.05) is 33.2 Å². The minimum Gasteiger partial charge on any atom is -0.356 e. The molecule has 0 amide bonds. The molecule has 0 heterocycles. The average Bonchev–Trinajstić information content (AvgIpc) is 2.39. The lowest BCUT2D eigenvalue weighted by Gasteiger charge is -2.23. The van der Waals surface area contributed by atoms with Crippen molar-refractivity contribution in [2.24, 2.45) is 4.99 Å². The zero-order valence-electron chi connectivity index (χ0n) is 14.3. The first kappa shape index (κ1) is 22.2. The predicted octanol–water partition coefficient (Wildman–Crippen LogP) is 3.03. The number of nitrogens with zero attached hydrogens (tertiary/aromatic N) is 3. The number of halogens is 1. The summed E-state index contributed by atoms with van der Waals surface area (Å²) in [6, 6.07) is 0.640. The molecular weight excluding hydrogens is 363 g/mol. The van der Waals surface area contributed by atoms with E-state index in [2.05, 4.69) is 55.0 Å². The van der Waals surface area contributed by atoms with Crippen molar-refractivity contribution in [2.45, 2.75) is 52.5 Å². The second-order valence-electron chi connectivity index (χ2n) is 5.53. The van der Waals surface area contributed by atoms with Crippen molar-refractivity contribution < 1.29 is 0 Å². The zero-order chi connectivity index (χ0) is 14.7. The van der Waals surface area contributed by atoms with Crippen LogP contribution in [0.15, 0.2) is 4.99 Å². The van der Waals surface area contributed by atoms with E-state index in [-0.39, 0.29) is 24.0 Å². The third kappa shape index (κ3) is 10.7. The third-order valence-corrected chi connectivity index (χ3v) is 3.52. The van der Waals surface area contributed by atoms with Gasteiger partial charge in [-0.3, -0.25) is 4.99 Å². The largest absolute Gasteiger partial charge is 0.356 e. The molecule has 0 aromatic heterocycles. The van der Waals surface area contributed by atoms with Crippen LogP contribution in [-0.2, 0) is 0 Å². The van der Waals surface area contributed by atoms with Crippen LogP contribution in [0.2, 0.25) is 0 Å². The molecule has 122 valence electrons. The molecule has 0 aromatic carbocycles. The molecule has 0 saturated heterocycles. The summed E-state index contributed by atoms with van der Waals surface area (Å²) in [4.78, 5) is 8.93. The fourth-order valence-electron chi connectivity index (χ4n) is 1.83. The highest BCUT2D eigenvalue weighted by molar-refractivity contribution is 14.0. The number of hydrogen-bond acceptors (Lipinski definition) is 2. The Bertz CT molecular complexity index is 244. The highest BCUT2D eigenvalue weighted by atomic mass is 127. The molecule has 4 nitrogen and oxygen atoms in total. The van der Waals surface area contributed by atoms with E-state index in [0.29, 0.717) is 6.04 Å². The highest BCUT2D eigenvalue weighted by Crippen LogP contribution is 1.98. The molecule has 0 aliphatic carbocycles. The second-order valence-corrected chi connectivity index (χ2v) is 5.53. The molecule has 0 fully saturated rings. The smallest absolute Gasteiger partial charge is 0.193 e. The van der Waals surface area contributed by atoms with Gasteiger partial charge in [0.1, 0.15) is 0 Å². The maximum absolute atomic E-state index is 4.32. The Labute approximate surface area is 143 Å². The Kier molecular flexibility index (Phi) is 15.5. The maximum Gasteiger partial charge on any atom is 0.193 e. The van der Waals surface area contributed by atoms with Gasteiger partial charge in [-0.05, 0) is 46.7 Å². The van der Waals surface area contributed by atoms with E-state index in [1.54, 1.807) is 0 Å². The Morgan fingerprint density at radius 2 is 1.75 bits per heavy atom. The zero-order valence-corrected chi connectivity index (χ0v) is 16.6. The number of nitrogens with one attached hydrogen (secondary N) is 1. The van der Waals surface area contributed by atoms with E-state index in [4.69, 9.17) is 0 Å². The Morgan fingerprint density at radius 3 is 2.25 bits per heavy atom. The lowest BCUT2D eigenvalue weighted by molar-refractivity contribution is 0.268. The molecule has 0 aliphatic rings. The molecule has 0 aromatic rings. The lowest BCUT2D eigenvalue weighted by Crippen LogP contribution is -2.40. The summed E-state index contributed by atoms with van der Waals surface area (Å²) < 4.78 is 0. The molecule has 0 aliphatic heterocycles. The Balaban J connectivity index is 0. The average molecular weight is 398 g/mol. The Morgan fingerprint density at radius 1 is 1.10 bits per heavy atom. The molecule has 0 saturated carbocycles. The monoisotopic (exact) mass is 398 g/mol. The van der Waals surface area contributed by atoms with Gasteiger partial charge in [0.25, 0.3) is 0 Å². The van der Waals surface area contributed by atoms with Gasteiger partial charge in [-0.2, -0.15) is 0 Å². The van der Waals surface area contributed by atoms with Crippen LogP contribution in [0.4, 0.5) is 0 Å². The molecule has 0 spiro atoms. The summed E-state index contributed by atoms with van der Waals surface area (Å²) in [5.74, 6) is 1.02. The van der Waals surface area contributed by atoms with Gasteiger partial charge < -0.3 is 15.1 Å². The van der Waals surface area contributed by atoms with Crippen LogP contribution in [0.5, 0.6) is 0 Å². The number of rotatable bonds is 9. The van der Waals surface area contributed by atoms with Gasteiger partial charge in [0.2, 0.25) is 0 Å². The van der Waals surface area contributed by atoms with Gasteiger partial charge in [-0.1, -0.05) is 13.3 Å². The quantitative estimate of drug-likeness (QED) is 0.280. The van der Waals surface area contributed by atoms with Crippen LogP contribution >= 0.6 is 24.0 Å². The van der Waals surface area contributed by atoms with Crippen molar-refractivity contribution in [3.05, 3.63) is 0 Å². The van der Waals surface area contributed by atoms with E-state index in [1.807, 2.05) is 7.05 Å². The first-order chi connectivity index (χ1) is 9.02. The standard InChI is InChI=1S/C15H34N4.HI/c1-7-8-12-19(6)15(16-4)17-11-9-10-13-18(5)14(2)3;/h14H,7-13H2,1-6H3,(H,16,17);1H. The third-order valence-electron chi connectivity index (χ3n) is 3.52. The number of hydrogen-bond donors (Lipinski definition) is 1. The van der Waals surface area contributed by atoms with E-state index in [9.17, 15) is 0 Å². The second kappa shape index (κ2) is 13.9. The topological polar surface area (TPSA) is 30.9 Å². The van der Waals surface area contributed by atoms with E-state index >= 15 is 0 Å². The van der Waals surface area contributed by atoms with Gasteiger partial charge in [-0.25, -0.2) is 0 Å². The molecule has 1 N–H and O–H groups in total. The minimum absolute atomic E-state index is 0.